The lowest BCUT2D eigenvalue weighted by atomic mass is 10.00. The van der Waals surface area contributed by atoms with E-state index in [9.17, 15) is 9.59 Å². The molecule has 1 atom stereocenters. The Morgan fingerprint density at radius 2 is 1.88 bits per heavy atom. The Balaban J connectivity index is 0.00000288. The number of aryl methyl sites for hydroxylation is 2. The van der Waals surface area contributed by atoms with Crippen LogP contribution in [0.3, 0.4) is 0 Å². The van der Waals surface area contributed by atoms with Crippen LogP contribution in [0.1, 0.15) is 48.6 Å². The van der Waals surface area contributed by atoms with Crippen molar-refractivity contribution < 1.29 is 14.0 Å². The number of carbonyl (C=O) groups excluding carboxylic acids is 2. The normalized spacial score (nSPS) is 16.7. The number of halogens is 1. The molecule has 1 aromatic rings. The third-order valence-electron chi connectivity index (χ3n) is 4.43. The zero-order valence-corrected chi connectivity index (χ0v) is 15.6. The Morgan fingerprint density at radius 3 is 2.33 bits per heavy atom. The van der Waals surface area contributed by atoms with Gasteiger partial charge in [0, 0.05) is 19.1 Å². The predicted octanol–water partition coefficient (Wildman–Crippen LogP) is 2.02. The fraction of sp³-hybridized carbons (Fsp3) is 0.647. The van der Waals surface area contributed by atoms with Gasteiger partial charge in [0.15, 0.2) is 0 Å². The number of carbonyl (C=O) groups is 2. The molecule has 6 nitrogen and oxygen atoms in total. The minimum absolute atomic E-state index is 0. The molecular weight excluding hydrogens is 330 g/mol. The van der Waals surface area contributed by atoms with Gasteiger partial charge in [-0.3, -0.25) is 9.59 Å². The van der Waals surface area contributed by atoms with E-state index in [1.807, 2.05) is 20.8 Å². The molecule has 2 rings (SSSR count). The van der Waals surface area contributed by atoms with E-state index in [-0.39, 0.29) is 36.2 Å². The monoisotopic (exact) mass is 357 g/mol. The highest BCUT2D eigenvalue weighted by atomic mass is 35.5. The van der Waals surface area contributed by atoms with Crippen molar-refractivity contribution in [3.8, 4) is 0 Å². The third-order valence-corrected chi connectivity index (χ3v) is 4.43. The van der Waals surface area contributed by atoms with E-state index in [1.165, 1.54) is 0 Å². The second-order valence-corrected chi connectivity index (χ2v) is 6.67. The molecule has 1 aromatic heterocycles. The number of nitrogens with one attached hydrogen (secondary N) is 1. The van der Waals surface area contributed by atoms with E-state index in [0.29, 0.717) is 24.4 Å². The SMILES string of the molecule is Cc1cc(C(=O)NC2CCN(C(=O)[C@@H](N)C(C)C)CC2)c(C)o1.Cl. The number of nitrogens with two attached hydrogens (primary N) is 1. The average Bonchev–Trinajstić information content (AvgIpc) is 2.85. The molecule has 7 heteroatoms. The van der Waals surface area contributed by atoms with Crippen LogP contribution < -0.4 is 11.1 Å². The van der Waals surface area contributed by atoms with Crippen LogP contribution in [-0.4, -0.2) is 41.9 Å². The molecule has 1 aliphatic rings. The van der Waals surface area contributed by atoms with Crippen molar-refractivity contribution in [3.05, 3.63) is 23.2 Å². The summed E-state index contributed by atoms with van der Waals surface area (Å²) >= 11 is 0. The summed E-state index contributed by atoms with van der Waals surface area (Å²) < 4.78 is 5.39. The highest BCUT2D eigenvalue weighted by molar-refractivity contribution is 5.95. The highest BCUT2D eigenvalue weighted by Crippen LogP contribution is 2.17. The summed E-state index contributed by atoms with van der Waals surface area (Å²) in [4.78, 5) is 26.3. The molecule has 0 aliphatic carbocycles. The van der Waals surface area contributed by atoms with E-state index >= 15 is 0 Å². The number of nitrogens with zero attached hydrogens (tertiary/aromatic N) is 1. The maximum atomic E-state index is 12.3. The smallest absolute Gasteiger partial charge is 0.255 e. The topological polar surface area (TPSA) is 88.6 Å². The molecule has 0 spiro atoms. The second kappa shape index (κ2) is 8.53. The molecule has 0 saturated carbocycles. The van der Waals surface area contributed by atoms with Crippen LogP contribution in [0.15, 0.2) is 10.5 Å². The van der Waals surface area contributed by atoms with Gasteiger partial charge in [0.2, 0.25) is 5.91 Å². The number of hydrogen-bond acceptors (Lipinski definition) is 4. The standard InChI is InChI=1S/C17H27N3O3.ClH/c1-10(2)15(18)17(22)20-7-5-13(6-8-20)19-16(21)14-9-11(3)23-12(14)4;/h9-10,13,15H,5-8,18H2,1-4H3,(H,19,21);1H/t15-;/m0./s1. The number of hydrogen-bond donors (Lipinski definition) is 2. The van der Waals surface area contributed by atoms with Gasteiger partial charge in [-0.15, -0.1) is 12.4 Å². The minimum Gasteiger partial charge on any atom is -0.466 e. The second-order valence-electron chi connectivity index (χ2n) is 6.67. The zero-order chi connectivity index (χ0) is 17.1. The summed E-state index contributed by atoms with van der Waals surface area (Å²) in [6.07, 6.45) is 1.50. The lowest BCUT2D eigenvalue weighted by molar-refractivity contribution is -0.134. The van der Waals surface area contributed by atoms with Gasteiger partial charge in [-0.25, -0.2) is 0 Å². The van der Waals surface area contributed by atoms with Crippen molar-refractivity contribution in [1.29, 1.82) is 0 Å². The van der Waals surface area contributed by atoms with Gasteiger partial charge in [0.25, 0.3) is 5.91 Å². The summed E-state index contributed by atoms with van der Waals surface area (Å²) in [6.45, 7) is 8.78. The third kappa shape index (κ3) is 4.74. The predicted molar refractivity (Wildman–Crippen MR) is 95.3 cm³/mol. The van der Waals surface area contributed by atoms with Crippen molar-refractivity contribution in [1.82, 2.24) is 10.2 Å². The molecule has 1 fully saturated rings. The van der Waals surface area contributed by atoms with Gasteiger partial charge in [-0.05, 0) is 38.7 Å². The molecule has 0 aromatic carbocycles. The first-order chi connectivity index (χ1) is 10.8. The molecule has 2 amide bonds. The molecule has 1 saturated heterocycles. The van der Waals surface area contributed by atoms with Gasteiger partial charge >= 0.3 is 0 Å². The minimum atomic E-state index is -0.447. The maximum Gasteiger partial charge on any atom is 0.255 e. The number of likely N-dealkylation sites (tertiary alicyclic amines) is 1. The summed E-state index contributed by atoms with van der Waals surface area (Å²) in [7, 11) is 0. The Morgan fingerprint density at radius 1 is 1.29 bits per heavy atom. The van der Waals surface area contributed by atoms with Crippen molar-refractivity contribution in [2.75, 3.05) is 13.1 Å². The van der Waals surface area contributed by atoms with Crippen molar-refractivity contribution >= 4 is 24.2 Å². The van der Waals surface area contributed by atoms with E-state index < -0.39 is 6.04 Å². The van der Waals surface area contributed by atoms with Crippen LogP contribution in [0.2, 0.25) is 0 Å². The number of furan rings is 1. The number of piperidine rings is 1. The van der Waals surface area contributed by atoms with E-state index in [1.54, 1.807) is 17.9 Å². The molecule has 24 heavy (non-hydrogen) atoms. The zero-order valence-electron chi connectivity index (χ0n) is 14.8. The molecule has 1 aliphatic heterocycles. The first kappa shape index (κ1) is 20.5. The molecule has 2 heterocycles. The fourth-order valence-corrected chi connectivity index (χ4v) is 2.86. The van der Waals surface area contributed by atoms with Gasteiger partial charge in [0.1, 0.15) is 11.5 Å². The van der Waals surface area contributed by atoms with Crippen LogP contribution in [0, 0.1) is 19.8 Å². The van der Waals surface area contributed by atoms with Gasteiger partial charge in [-0.1, -0.05) is 13.8 Å². The van der Waals surface area contributed by atoms with Crippen LogP contribution in [-0.2, 0) is 4.79 Å². The summed E-state index contributed by atoms with van der Waals surface area (Å²) in [5.74, 6) is 1.40. The molecule has 3 N–H and O–H groups in total. The molecular formula is C17H28ClN3O3. The van der Waals surface area contributed by atoms with Gasteiger partial charge in [-0.2, -0.15) is 0 Å². The van der Waals surface area contributed by atoms with E-state index in [2.05, 4.69) is 5.32 Å². The van der Waals surface area contributed by atoms with Crippen LogP contribution in [0.25, 0.3) is 0 Å². The lowest BCUT2D eigenvalue weighted by Gasteiger charge is -2.34. The summed E-state index contributed by atoms with van der Waals surface area (Å²) in [5.41, 5.74) is 6.52. The van der Waals surface area contributed by atoms with Crippen molar-refractivity contribution in [2.24, 2.45) is 11.7 Å². The first-order valence-corrected chi connectivity index (χ1v) is 8.22. The molecule has 136 valence electrons. The van der Waals surface area contributed by atoms with Gasteiger partial charge < -0.3 is 20.4 Å². The molecule has 0 radical (unpaired) electrons. The number of amides is 2. The molecule has 0 unspecified atom stereocenters. The van der Waals surface area contributed by atoms with Crippen molar-refractivity contribution in [3.63, 3.8) is 0 Å². The van der Waals surface area contributed by atoms with Gasteiger partial charge in [0.05, 0.1) is 11.6 Å². The Labute approximate surface area is 149 Å². The maximum absolute atomic E-state index is 12.3. The Hall–Kier alpha value is -1.53. The van der Waals surface area contributed by atoms with E-state index in [0.717, 1.165) is 18.6 Å². The first-order valence-electron chi connectivity index (χ1n) is 8.22. The summed E-state index contributed by atoms with van der Waals surface area (Å²) in [6, 6.07) is 1.39. The lowest BCUT2D eigenvalue weighted by Crippen LogP contribution is -2.52. The fourth-order valence-electron chi connectivity index (χ4n) is 2.86. The number of rotatable bonds is 4. The quantitative estimate of drug-likeness (QED) is 0.862. The summed E-state index contributed by atoms with van der Waals surface area (Å²) in [5, 5.41) is 3.03. The molecule has 0 bridgehead atoms. The van der Waals surface area contributed by atoms with Crippen molar-refractivity contribution in [2.45, 2.75) is 52.6 Å². The van der Waals surface area contributed by atoms with Crippen LogP contribution in [0.5, 0.6) is 0 Å². The largest absolute Gasteiger partial charge is 0.466 e. The average molecular weight is 358 g/mol. The Bertz CT molecular complexity index is 578. The Kier molecular flexibility index (Phi) is 7.29. The van der Waals surface area contributed by atoms with Crippen LogP contribution in [0.4, 0.5) is 0 Å². The highest BCUT2D eigenvalue weighted by Gasteiger charge is 2.28. The van der Waals surface area contributed by atoms with Crippen LogP contribution >= 0.6 is 12.4 Å². The van der Waals surface area contributed by atoms with E-state index in [4.69, 9.17) is 10.2 Å².